The normalized spacial score (nSPS) is 12.7. The molecule has 0 aliphatic rings. The molecule has 0 aliphatic carbocycles. The molecule has 1 rings (SSSR count). The van der Waals surface area contributed by atoms with Crippen LogP contribution in [0, 0.1) is 6.92 Å². The van der Waals surface area contributed by atoms with E-state index in [4.69, 9.17) is 23.2 Å². The number of alkyl halides is 3. The molecule has 0 amide bonds. The molecule has 120 valence electrons. The van der Waals surface area contributed by atoms with E-state index in [-0.39, 0.29) is 11.8 Å². The van der Waals surface area contributed by atoms with E-state index in [1.54, 1.807) is 12.1 Å². The first-order valence-corrected chi connectivity index (χ1v) is 9.29. The second-order valence-corrected chi connectivity index (χ2v) is 9.56. The van der Waals surface area contributed by atoms with Crippen molar-refractivity contribution < 1.29 is 12.8 Å². The zero-order valence-corrected chi connectivity index (χ0v) is 15.0. The largest absolute Gasteiger partial charge is 0.347 e. The van der Waals surface area contributed by atoms with Crippen LogP contribution in [-0.2, 0) is 10.0 Å². The molecule has 0 heterocycles. The topological polar surface area (TPSA) is 40.6 Å². The molecule has 0 bridgehead atoms. The van der Waals surface area contributed by atoms with Crippen LogP contribution in [0.1, 0.15) is 5.56 Å². The summed E-state index contributed by atoms with van der Waals surface area (Å²) in [5.74, 6) is -0.292. The number of aryl methyl sites for hydroxylation is 1. The molecule has 21 heavy (non-hydrogen) atoms. The minimum Gasteiger partial charge on any atom is -0.347 e. The van der Waals surface area contributed by atoms with Gasteiger partial charge in [-0.1, -0.05) is 52.7 Å². The zero-order valence-electron chi connectivity index (χ0n) is 11.9. The fraction of sp³-hybridized carbons (Fsp3) is 0.500. The number of benzene rings is 1. The van der Waals surface area contributed by atoms with Crippen LogP contribution in [-0.4, -0.2) is 42.5 Å². The summed E-state index contributed by atoms with van der Waals surface area (Å²) in [7, 11) is -0.600. The number of halogens is 3. The highest BCUT2D eigenvalue weighted by Crippen LogP contribution is 2.37. The van der Waals surface area contributed by atoms with Crippen molar-refractivity contribution in [1.82, 2.24) is 4.31 Å². The van der Waals surface area contributed by atoms with Crippen LogP contribution >= 0.6 is 35.0 Å². The smallest absolute Gasteiger partial charge is 0.306 e. The molecule has 0 saturated heterocycles. The molecule has 1 aromatic carbocycles. The molecule has 0 spiro atoms. The Kier molecular flexibility index (Phi) is 6.61. The second-order valence-electron chi connectivity index (χ2n) is 4.62. The number of hydrogen-bond donors (Lipinski definition) is 0. The predicted molar refractivity (Wildman–Crippen MR) is 89.1 cm³/mol. The quantitative estimate of drug-likeness (QED) is 0.541. The highest BCUT2D eigenvalue weighted by Gasteiger charge is 2.26. The Bertz CT molecular complexity index is 560. The van der Waals surface area contributed by atoms with E-state index >= 15 is 0 Å². The van der Waals surface area contributed by atoms with Gasteiger partial charge in [-0.3, -0.25) is 0 Å². The standard InChI is InChI=1S/C12H17Cl2FN2O2S2/c1-10-4-6-11(7-5-10)17(8-20-12(13,14)15)9-21(18,19)16(2)3/h4-7H,8-9H2,1-3H3. The molecular formula is C12H17Cl2FN2O2S2. The van der Waals surface area contributed by atoms with E-state index in [1.807, 2.05) is 19.1 Å². The Morgan fingerprint density at radius 1 is 1.24 bits per heavy atom. The van der Waals surface area contributed by atoms with E-state index in [1.165, 1.54) is 19.0 Å². The average molecular weight is 375 g/mol. The number of thioether (sulfide) groups is 1. The van der Waals surface area contributed by atoms with Crippen LogP contribution in [0.3, 0.4) is 0 Å². The molecule has 0 aromatic heterocycles. The van der Waals surface area contributed by atoms with E-state index in [0.29, 0.717) is 17.4 Å². The molecule has 0 atom stereocenters. The number of anilines is 1. The molecule has 0 radical (unpaired) electrons. The highest BCUT2D eigenvalue weighted by atomic mass is 35.5. The Morgan fingerprint density at radius 3 is 2.19 bits per heavy atom. The highest BCUT2D eigenvalue weighted by molar-refractivity contribution is 8.03. The van der Waals surface area contributed by atoms with Crippen LogP contribution in [0.5, 0.6) is 0 Å². The van der Waals surface area contributed by atoms with Gasteiger partial charge in [-0.05, 0) is 19.1 Å². The van der Waals surface area contributed by atoms with E-state index in [2.05, 4.69) is 0 Å². The summed E-state index contributed by atoms with van der Waals surface area (Å²) in [5.41, 5.74) is 1.69. The Morgan fingerprint density at radius 2 is 1.76 bits per heavy atom. The van der Waals surface area contributed by atoms with Crippen molar-refractivity contribution in [2.24, 2.45) is 0 Å². The van der Waals surface area contributed by atoms with Crippen LogP contribution in [0.25, 0.3) is 0 Å². The van der Waals surface area contributed by atoms with Crippen molar-refractivity contribution in [1.29, 1.82) is 0 Å². The average Bonchev–Trinajstić information content (AvgIpc) is 2.34. The van der Waals surface area contributed by atoms with Crippen LogP contribution in [0.2, 0.25) is 0 Å². The van der Waals surface area contributed by atoms with Gasteiger partial charge in [0.25, 0.3) is 0 Å². The molecule has 9 heteroatoms. The summed E-state index contributed by atoms with van der Waals surface area (Å²) < 4.78 is 35.9. The molecule has 0 N–H and O–H groups in total. The molecule has 0 saturated carbocycles. The number of sulfonamides is 1. The number of nitrogens with zero attached hydrogens (tertiary/aromatic N) is 2. The summed E-state index contributed by atoms with van der Waals surface area (Å²) >= 11 is 11.2. The lowest BCUT2D eigenvalue weighted by Crippen LogP contribution is -2.36. The fourth-order valence-corrected chi connectivity index (χ4v) is 3.22. The van der Waals surface area contributed by atoms with Gasteiger partial charge in [-0.25, -0.2) is 12.7 Å². The molecule has 0 aliphatic heterocycles. The Labute approximate surface area is 139 Å². The van der Waals surface area contributed by atoms with Gasteiger partial charge in [0, 0.05) is 19.8 Å². The maximum Gasteiger partial charge on any atom is 0.306 e. The summed E-state index contributed by atoms with van der Waals surface area (Å²) in [6.45, 7) is 1.92. The van der Waals surface area contributed by atoms with Gasteiger partial charge in [-0.2, -0.15) is 4.39 Å². The minimum atomic E-state index is -3.49. The number of hydrogen-bond acceptors (Lipinski definition) is 4. The maximum atomic E-state index is 13.2. The summed E-state index contributed by atoms with van der Waals surface area (Å²) in [6, 6.07) is 7.23. The van der Waals surface area contributed by atoms with E-state index < -0.39 is 13.9 Å². The van der Waals surface area contributed by atoms with Crippen molar-refractivity contribution in [3.8, 4) is 0 Å². The van der Waals surface area contributed by atoms with Gasteiger partial charge in [-0.15, -0.1) is 0 Å². The minimum absolute atomic E-state index is 0.000366. The lowest BCUT2D eigenvalue weighted by atomic mass is 10.2. The second kappa shape index (κ2) is 7.37. The van der Waals surface area contributed by atoms with E-state index in [9.17, 15) is 12.8 Å². The zero-order chi connectivity index (χ0) is 16.3. The van der Waals surface area contributed by atoms with Gasteiger partial charge < -0.3 is 4.90 Å². The third-order valence-electron chi connectivity index (χ3n) is 2.66. The van der Waals surface area contributed by atoms with Gasteiger partial charge in [0.2, 0.25) is 10.0 Å². The first kappa shape index (κ1) is 18.8. The Hall–Kier alpha value is -0.210. The SMILES string of the molecule is Cc1ccc(N(CSC(F)(Cl)Cl)CS(=O)(=O)N(C)C)cc1. The predicted octanol–water partition coefficient (Wildman–Crippen LogP) is 3.40. The van der Waals surface area contributed by atoms with Crippen molar-refractivity contribution in [3.63, 3.8) is 0 Å². The lowest BCUT2D eigenvalue weighted by Gasteiger charge is -2.26. The third kappa shape index (κ3) is 6.61. The summed E-state index contributed by atoms with van der Waals surface area (Å²) in [6.07, 6.45) is 0. The first-order chi connectivity index (χ1) is 9.51. The van der Waals surface area contributed by atoms with Crippen molar-refractivity contribution in [2.45, 2.75) is 10.8 Å². The van der Waals surface area contributed by atoms with Crippen molar-refractivity contribution in [2.75, 3.05) is 30.7 Å². The van der Waals surface area contributed by atoms with Gasteiger partial charge in [0.15, 0.2) is 0 Å². The summed E-state index contributed by atoms with van der Waals surface area (Å²) in [5, 5.41) is 0. The molecule has 0 unspecified atom stereocenters. The van der Waals surface area contributed by atoms with E-state index in [0.717, 1.165) is 9.87 Å². The van der Waals surface area contributed by atoms with Crippen LogP contribution in [0.4, 0.5) is 10.1 Å². The molecule has 1 aromatic rings. The lowest BCUT2D eigenvalue weighted by molar-refractivity contribution is 0.513. The number of rotatable bonds is 7. The van der Waals surface area contributed by atoms with Crippen molar-refractivity contribution in [3.05, 3.63) is 29.8 Å². The van der Waals surface area contributed by atoms with Crippen molar-refractivity contribution >= 4 is 50.7 Å². The Balaban J connectivity index is 2.97. The monoisotopic (exact) mass is 374 g/mol. The van der Waals surface area contributed by atoms with Gasteiger partial charge in [0.05, 0.1) is 5.88 Å². The molecular weight excluding hydrogens is 358 g/mol. The fourth-order valence-electron chi connectivity index (χ4n) is 1.41. The third-order valence-corrected chi connectivity index (χ3v) is 5.83. The first-order valence-electron chi connectivity index (χ1n) is 5.94. The summed E-state index contributed by atoms with van der Waals surface area (Å²) in [4.78, 5) is 1.50. The van der Waals surface area contributed by atoms with Gasteiger partial charge in [0.1, 0.15) is 5.88 Å². The van der Waals surface area contributed by atoms with Gasteiger partial charge >= 0.3 is 3.92 Å². The molecule has 4 nitrogen and oxygen atoms in total. The van der Waals surface area contributed by atoms with Crippen LogP contribution < -0.4 is 4.90 Å². The molecule has 0 fully saturated rings. The van der Waals surface area contributed by atoms with Crippen LogP contribution in [0.15, 0.2) is 24.3 Å². The maximum absolute atomic E-state index is 13.2.